The third kappa shape index (κ3) is 13.3. The Morgan fingerprint density at radius 2 is 1.17 bits per heavy atom. The minimum absolute atomic E-state index is 0.108. The van der Waals surface area contributed by atoms with Crippen molar-refractivity contribution in [2.45, 2.75) is 125 Å². The summed E-state index contributed by atoms with van der Waals surface area (Å²) in [6, 6.07) is 4.37. The van der Waals surface area contributed by atoms with Crippen molar-refractivity contribution in [3.63, 3.8) is 0 Å². The maximum Gasteiger partial charge on any atom is 0.246 e. The fraction of sp³-hybridized carbons (Fsp3) is 0.675. The minimum atomic E-state index is -1.04. The summed E-state index contributed by atoms with van der Waals surface area (Å²) in [5, 5.41) is 2.86. The molecule has 6 atom stereocenters. The number of nitrogens with zero attached hydrogens (tertiary/aromatic N) is 4. The molecule has 13 heteroatoms. The quantitative estimate of drug-likeness (QED) is 0.182. The Labute approximate surface area is 317 Å². The summed E-state index contributed by atoms with van der Waals surface area (Å²) in [4.78, 5) is 98.2. The molecule has 0 bridgehead atoms. The monoisotopic (exact) mass is 742 g/mol. The van der Waals surface area contributed by atoms with Crippen molar-refractivity contribution >= 4 is 41.2 Å². The molecule has 53 heavy (non-hydrogen) atoms. The minimum Gasteiger partial charge on any atom is -0.368 e. The normalized spacial score (nSPS) is 14.8. The van der Waals surface area contributed by atoms with Gasteiger partial charge in [-0.3, -0.25) is 28.8 Å². The average Bonchev–Trinajstić information content (AvgIpc) is 3.08. The molecule has 1 aromatic rings. The van der Waals surface area contributed by atoms with Crippen LogP contribution in [0.4, 0.5) is 0 Å². The standard InChI is InChI=1S/C40H66N6O7/c1-24(2)32(39(52)43(10)29(9)38(51)44(11)31(35(41)48)23-30-21-15-14-16-22-30)42-36(49)33(25(3)4)45(12)40(53)34(26(5)6)46(13)37(50)27(7)19-17-18-20-28(8)47/h14-16,21-22,24-27,29,31-34H,17-20,23H2,1-13H3,(H2,41,48)(H,42,49)/t27?,29-,31-,32-,33-,34-/m0/s1. The fourth-order valence-corrected chi connectivity index (χ4v) is 6.64. The molecule has 0 fully saturated rings. The molecule has 13 nitrogen and oxygen atoms in total. The number of hydrogen-bond donors (Lipinski definition) is 2. The summed E-state index contributed by atoms with van der Waals surface area (Å²) in [7, 11) is 6.08. The third-order valence-electron chi connectivity index (χ3n) is 10.1. The number of rotatable bonds is 21. The number of primary amides is 1. The van der Waals surface area contributed by atoms with Gasteiger partial charge in [-0.15, -0.1) is 0 Å². The van der Waals surface area contributed by atoms with E-state index >= 15 is 0 Å². The molecule has 0 spiro atoms. The van der Waals surface area contributed by atoms with Crippen LogP contribution < -0.4 is 11.1 Å². The highest BCUT2D eigenvalue weighted by Crippen LogP contribution is 2.22. The van der Waals surface area contributed by atoms with Gasteiger partial charge in [-0.05, 0) is 50.0 Å². The van der Waals surface area contributed by atoms with Gasteiger partial charge in [0, 0.05) is 47.0 Å². The smallest absolute Gasteiger partial charge is 0.246 e. The van der Waals surface area contributed by atoms with Crippen molar-refractivity contribution in [3.8, 4) is 0 Å². The van der Waals surface area contributed by atoms with Crippen LogP contribution in [-0.4, -0.2) is 119 Å². The molecule has 1 unspecified atom stereocenters. The molecule has 0 aliphatic heterocycles. The van der Waals surface area contributed by atoms with E-state index in [1.54, 1.807) is 48.6 Å². The number of nitrogens with one attached hydrogen (secondary N) is 1. The van der Waals surface area contributed by atoms with Gasteiger partial charge in [0.05, 0.1) is 0 Å². The molecule has 298 valence electrons. The summed E-state index contributed by atoms with van der Waals surface area (Å²) in [5.41, 5.74) is 6.52. The first kappa shape index (κ1) is 46.7. The largest absolute Gasteiger partial charge is 0.368 e. The molecule has 0 radical (unpaired) electrons. The summed E-state index contributed by atoms with van der Waals surface area (Å²) in [6.45, 7) is 15.8. The number of carbonyl (C=O) groups excluding carboxylic acids is 7. The van der Waals surface area contributed by atoms with Gasteiger partial charge >= 0.3 is 0 Å². The van der Waals surface area contributed by atoms with Crippen LogP contribution in [0, 0.1) is 23.7 Å². The van der Waals surface area contributed by atoms with Crippen LogP contribution in [0.5, 0.6) is 0 Å². The van der Waals surface area contributed by atoms with Gasteiger partial charge in [0.25, 0.3) is 0 Å². The number of ketones is 1. The molecule has 0 heterocycles. The van der Waals surface area contributed by atoms with Crippen LogP contribution in [0.25, 0.3) is 0 Å². The van der Waals surface area contributed by atoms with E-state index in [-0.39, 0.29) is 41.8 Å². The molecule has 0 aliphatic carbocycles. The second-order valence-corrected chi connectivity index (χ2v) is 15.5. The van der Waals surface area contributed by atoms with Crippen LogP contribution in [0.2, 0.25) is 0 Å². The van der Waals surface area contributed by atoms with Gasteiger partial charge in [0.15, 0.2) is 0 Å². The van der Waals surface area contributed by atoms with Gasteiger partial charge < -0.3 is 35.4 Å². The Morgan fingerprint density at radius 1 is 0.642 bits per heavy atom. The summed E-state index contributed by atoms with van der Waals surface area (Å²) >= 11 is 0. The number of nitrogens with two attached hydrogens (primary N) is 1. The highest BCUT2D eigenvalue weighted by molar-refractivity contribution is 5.96. The highest BCUT2D eigenvalue weighted by Gasteiger charge is 2.41. The van der Waals surface area contributed by atoms with Gasteiger partial charge in [-0.1, -0.05) is 85.2 Å². The predicted molar refractivity (Wildman–Crippen MR) is 206 cm³/mol. The van der Waals surface area contributed by atoms with Crippen LogP contribution in [0.15, 0.2) is 30.3 Å². The number of carbonyl (C=O) groups is 7. The molecule has 0 aliphatic rings. The Kier molecular flexibility index (Phi) is 18.9. The zero-order valence-corrected chi connectivity index (χ0v) is 34.3. The maximum absolute atomic E-state index is 14.1. The molecule has 1 aromatic carbocycles. The van der Waals surface area contributed by atoms with Gasteiger partial charge in [-0.2, -0.15) is 0 Å². The zero-order valence-electron chi connectivity index (χ0n) is 34.3. The number of hydrogen-bond acceptors (Lipinski definition) is 7. The first-order chi connectivity index (χ1) is 24.6. The first-order valence-corrected chi connectivity index (χ1v) is 18.8. The van der Waals surface area contributed by atoms with E-state index in [4.69, 9.17) is 5.73 Å². The van der Waals surface area contributed by atoms with Crippen LogP contribution in [0.1, 0.15) is 93.6 Å². The fourth-order valence-electron chi connectivity index (χ4n) is 6.64. The molecule has 0 aromatic heterocycles. The summed E-state index contributed by atoms with van der Waals surface area (Å²) in [6.07, 6.45) is 2.67. The van der Waals surface area contributed by atoms with E-state index in [2.05, 4.69) is 5.32 Å². The number of amides is 6. The first-order valence-electron chi connectivity index (χ1n) is 18.8. The third-order valence-corrected chi connectivity index (χ3v) is 10.1. The van der Waals surface area contributed by atoms with Crippen molar-refractivity contribution in [2.24, 2.45) is 29.4 Å². The predicted octanol–water partition coefficient (Wildman–Crippen LogP) is 3.28. The van der Waals surface area contributed by atoms with E-state index < -0.39 is 59.7 Å². The Hall–Kier alpha value is -4.29. The van der Waals surface area contributed by atoms with Crippen molar-refractivity contribution in [1.29, 1.82) is 0 Å². The SMILES string of the molecule is CC(=O)CCCCC(C)C(=O)N(C)[C@H](C(=O)N(C)[C@H](C(=O)N[C@H](C(=O)N(C)[C@@H](C)C(=O)N(C)[C@@H](Cc1ccccc1)C(N)=O)C(C)C)C(C)C)C(C)C. The Balaban J connectivity index is 3.19. The van der Waals surface area contributed by atoms with E-state index in [0.717, 1.165) is 5.56 Å². The van der Waals surface area contributed by atoms with Crippen molar-refractivity contribution < 1.29 is 33.6 Å². The van der Waals surface area contributed by atoms with Crippen LogP contribution >= 0.6 is 0 Å². The lowest BCUT2D eigenvalue weighted by Gasteiger charge is -2.39. The average molecular weight is 743 g/mol. The topological polar surface area (TPSA) is 170 Å². The number of benzene rings is 1. The van der Waals surface area contributed by atoms with E-state index in [0.29, 0.717) is 25.7 Å². The van der Waals surface area contributed by atoms with Crippen molar-refractivity contribution in [1.82, 2.24) is 24.9 Å². The van der Waals surface area contributed by atoms with Crippen molar-refractivity contribution in [2.75, 3.05) is 28.2 Å². The second-order valence-electron chi connectivity index (χ2n) is 15.5. The van der Waals surface area contributed by atoms with E-state index in [1.165, 1.54) is 40.7 Å². The van der Waals surface area contributed by atoms with Crippen molar-refractivity contribution in [3.05, 3.63) is 35.9 Å². The lowest BCUT2D eigenvalue weighted by molar-refractivity contribution is -0.152. The van der Waals surface area contributed by atoms with Crippen LogP contribution in [-0.2, 0) is 40.0 Å². The number of unbranched alkanes of at least 4 members (excludes halogenated alkanes) is 1. The lowest BCUT2D eigenvalue weighted by atomic mass is 9.94. The van der Waals surface area contributed by atoms with Gasteiger partial charge in [0.2, 0.25) is 35.4 Å². The molecule has 3 N–H and O–H groups in total. The molecule has 1 rings (SSSR count). The molecular weight excluding hydrogens is 676 g/mol. The Morgan fingerprint density at radius 3 is 1.64 bits per heavy atom. The Bertz CT molecular complexity index is 1420. The molecule has 0 saturated carbocycles. The van der Waals surface area contributed by atoms with Gasteiger partial charge in [-0.25, -0.2) is 0 Å². The van der Waals surface area contributed by atoms with E-state index in [1.807, 2.05) is 51.1 Å². The van der Waals surface area contributed by atoms with Gasteiger partial charge in [0.1, 0.15) is 36.0 Å². The number of Topliss-reactive ketones (excluding diaryl/α,β-unsaturated/α-hetero) is 1. The van der Waals surface area contributed by atoms with E-state index in [9.17, 15) is 33.6 Å². The molecule has 0 saturated heterocycles. The second kappa shape index (κ2) is 21.4. The maximum atomic E-state index is 14.1. The molecular formula is C40H66N6O7. The summed E-state index contributed by atoms with van der Waals surface area (Å²) in [5.74, 6) is -4.08. The summed E-state index contributed by atoms with van der Waals surface area (Å²) < 4.78 is 0. The molecule has 6 amide bonds. The zero-order chi connectivity index (χ0) is 40.9. The number of likely N-dealkylation sites (N-methyl/N-ethyl adjacent to an activating group) is 4. The van der Waals surface area contributed by atoms with Crippen LogP contribution in [0.3, 0.4) is 0 Å². The highest BCUT2D eigenvalue weighted by atomic mass is 16.2. The lowest BCUT2D eigenvalue weighted by Crippen LogP contribution is -2.61.